The summed E-state index contributed by atoms with van der Waals surface area (Å²) >= 11 is 0. The van der Waals surface area contributed by atoms with Gasteiger partial charge in [0.15, 0.2) is 0 Å². The van der Waals surface area contributed by atoms with E-state index in [9.17, 15) is 4.79 Å². The molecule has 3 aromatic rings. The van der Waals surface area contributed by atoms with Gasteiger partial charge in [0.05, 0.1) is 10.8 Å². The molecule has 2 fully saturated rings. The van der Waals surface area contributed by atoms with E-state index in [4.69, 9.17) is 0 Å². The second-order valence-electron chi connectivity index (χ2n) is 8.37. The Morgan fingerprint density at radius 3 is 2.45 bits per heavy atom. The Morgan fingerprint density at radius 2 is 1.74 bits per heavy atom. The van der Waals surface area contributed by atoms with Gasteiger partial charge in [0.2, 0.25) is 5.91 Å². The number of carbonyl (C=O) groups excluding carboxylic acids is 1. The number of hydrogen-bond acceptors (Lipinski definition) is 5. The van der Waals surface area contributed by atoms with E-state index in [0.717, 1.165) is 80.1 Å². The van der Waals surface area contributed by atoms with Crippen molar-refractivity contribution >= 4 is 35.2 Å². The number of amides is 1. The molecule has 7 nitrogen and oxygen atoms in total. The molecule has 2 aromatic heterocycles. The first-order chi connectivity index (χ1) is 14.7. The van der Waals surface area contributed by atoms with Gasteiger partial charge in [-0.15, -0.1) is 12.4 Å². The van der Waals surface area contributed by atoms with E-state index in [1.54, 1.807) is 6.33 Å². The number of H-pyrrole nitrogens is 1. The zero-order chi connectivity index (χ0) is 20.6. The van der Waals surface area contributed by atoms with Gasteiger partial charge in [-0.25, -0.2) is 9.97 Å². The van der Waals surface area contributed by atoms with Crippen LogP contribution < -0.4 is 10.2 Å². The Kier molecular flexibility index (Phi) is 6.16. The summed E-state index contributed by atoms with van der Waals surface area (Å²) < 4.78 is 0. The molecule has 2 aliphatic heterocycles. The predicted molar refractivity (Wildman–Crippen MR) is 125 cm³/mol. The van der Waals surface area contributed by atoms with Crippen molar-refractivity contribution in [3.63, 3.8) is 0 Å². The molecule has 2 saturated heterocycles. The quantitative estimate of drug-likeness (QED) is 0.654. The number of aromatic nitrogens is 3. The molecular formula is C23H29ClN6O. The SMILES string of the molecule is Cc1c[nH]c2ncnc(N3CCN(C(=O)C4(c5ccccc5)CCNCC4)CC3)c12.Cl. The molecule has 164 valence electrons. The summed E-state index contributed by atoms with van der Waals surface area (Å²) in [5.41, 5.74) is 2.76. The van der Waals surface area contributed by atoms with Gasteiger partial charge < -0.3 is 20.1 Å². The maximum absolute atomic E-state index is 13.8. The van der Waals surface area contributed by atoms with Gasteiger partial charge >= 0.3 is 0 Å². The van der Waals surface area contributed by atoms with Crippen molar-refractivity contribution in [1.82, 2.24) is 25.2 Å². The van der Waals surface area contributed by atoms with Crippen LogP contribution in [0.25, 0.3) is 11.0 Å². The first-order valence-corrected chi connectivity index (χ1v) is 10.8. The maximum atomic E-state index is 13.8. The minimum Gasteiger partial charge on any atom is -0.352 e. The highest BCUT2D eigenvalue weighted by Crippen LogP contribution is 2.36. The lowest BCUT2D eigenvalue weighted by molar-refractivity contribution is -0.139. The summed E-state index contributed by atoms with van der Waals surface area (Å²) in [6, 6.07) is 10.3. The molecular weight excluding hydrogens is 412 g/mol. The lowest BCUT2D eigenvalue weighted by Gasteiger charge is -2.43. The van der Waals surface area contributed by atoms with E-state index in [-0.39, 0.29) is 18.3 Å². The fraction of sp³-hybridized carbons (Fsp3) is 0.435. The van der Waals surface area contributed by atoms with Crippen molar-refractivity contribution in [2.45, 2.75) is 25.2 Å². The Balaban J connectivity index is 0.00000231. The van der Waals surface area contributed by atoms with Crippen LogP contribution in [0.4, 0.5) is 5.82 Å². The van der Waals surface area contributed by atoms with Crippen molar-refractivity contribution in [2.24, 2.45) is 0 Å². The summed E-state index contributed by atoms with van der Waals surface area (Å²) in [7, 11) is 0. The standard InChI is InChI=1S/C23H28N6O.ClH/c1-17-15-25-20-19(17)21(27-16-26-20)28-11-13-29(14-12-28)22(30)23(7-9-24-10-8-23)18-5-3-2-4-6-18;/h2-6,15-16,24H,7-14H2,1H3,(H,25,26,27);1H. The normalized spacial score (nSPS) is 18.6. The minimum absolute atomic E-state index is 0. The topological polar surface area (TPSA) is 77.2 Å². The fourth-order valence-electron chi connectivity index (χ4n) is 5.00. The third-order valence-corrected chi connectivity index (χ3v) is 6.71. The smallest absolute Gasteiger partial charge is 0.233 e. The largest absolute Gasteiger partial charge is 0.352 e. The van der Waals surface area contributed by atoms with Gasteiger partial charge in [0, 0.05) is 32.4 Å². The van der Waals surface area contributed by atoms with Crippen molar-refractivity contribution in [3.05, 3.63) is 54.0 Å². The van der Waals surface area contributed by atoms with Crippen LogP contribution in [0.5, 0.6) is 0 Å². The predicted octanol–water partition coefficient (Wildman–Crippen LogP) is 2.66. The third-order valence-electron chi connectivity index (χ3n) is 6.71. The van der Waals surface area contributed by atoms with Crippen LogP contribution >= 0.6 is 12.4 Å². The van der Waals surface area contributed by atoms with Crippen LogP contribution in [0.15, 0.2) is 42.9 Å². The lowest BCUT2D eigenvalue weighted by Crippen LogP contribution is -2.57. The van der Waals surface area contributed by atoms with E-state index >= 15 is 0 Å². The summed E-state index contributed by atoms with van der Waals surface area (Å²) in [6.07, 6.45) is 5.30. The number of aryl methyl sites for hydroxylation is 1. The van der Waals surface area contributed by atoms with Crippen molar-refractivity contribution in [2.75, 3.05) is 44.2 Å². The van der Waals surface area contributed by atoms with Crippen LogP contribution in [0.1, 0.15) is 24.0 Å². The zero-order valence-corrected chi connectivity index (χ0v) is 18.6. The average Bonchev–Trinajstić information content (AvgIpc) is 3.21. The molecule has 0 unspecified atom stereocenters. The van der Waals surface area contributed by atoms with Crippen LogP contribution in [0.2, 0.25) is 0 Å². The number of piperidine rings is 1. The molecule has 0 atom stereocenters. The van der Waals surface area contributed by atoms with Gasteiger partial charge in [-0.05, 0) is 44.0 Å². The molecule has 2 N–H and O–H groups in total. The molecule has 0 aliphatic carbocycles. The Morgan fingerprint density at radius 1 is 1.03 bits per heavy atom. The lowest BCUT2D eigenvalue weighted by atomic mass is 9.72. The highest BCUT2D eigenvalue weighted by atomic mass is 35.5. The fourth-order valence-corrected chi connectivity index (χ4v) is 5.00. The number of aromatic amines is 1. The number of rotatable bonds is 3. The Hall–Kier alpha value is -2.64. The Bertz CT molecular complexity index is 1040. The molecule has 0 radical (unpaired) electrons. The van der Waals surface area contributed by atoms with Crippen molar-refractivity contribution in [1.29, 1.82) is 0 Å². The molecule has 4 heterocycles. The highest BCUT2D eigenvalue weighted by Gasteiger charge is 2.44. The first-order valence-electron chi connectivity index (χ1n) is 10.8. The van der Waals surface area contributed by atoms with Gasteiger partial charge in [0.25, 0.3) is 0 Å². The van der Waals surface area contributed by atoms with Crippen molar-refractivity contribution in [3.8, 4) is 0 Å². The third kappa shape index (κ3) is 3.77. The monoisotopic (exact) mass is 440 g/mol. The molecule has 0 saturated carbocycles. The van der Waals surface area contributed by atoms with E-state index < -0.39 is 5.41 Å². The summed E-state index contributed by atoms with van der Waals surface area (Å²) in [6.45, 7) is 6.84. The van der Waals surface area contributed by atoms with Crippen LogP contribution in [-0.4, -0.2) is 65.0 Å². The zero-order valence-electron chi connectivity index (χ0n) is 17.8. The molecule has 1 amide bonds. The van der Waals surface area contributed by atoms with Gasteiger partial charge in [0.1, 0.15) is 17.8 Å². The van der Waals surface area contributed by atoms with Crippen molar-refractivity contribution < 1.29 is 4.79 Å². The van der Waals surface area contributed by atoms with Crippen LogP contribution in [0, 0.1) is 6.92 Å². The Labute approximate surface area is 188 Å². The van der Waals surface area contributed by atoms with Gasteiger partial charge in [-0.1, -0.05) is 30.3 Å². The van der Waals surface area contributed by atoms with E-state index in [1.165, 1.54) is 0 Å². The molecule has 31 heavy (non-hydrogen) atoms. The molecule has 8 heteroatoms. The minimum atomic E-state index is -0.409. The molecule has 2 aliphatic rings. The number of anilines is 1. The number of hydrogen-bond donors (Lipinski definition) is 2. The van der Waals surface area contributed by atoms with Gasteiger partial charge in [-0.2, -0.15) is 0 Å². The summed E-state index contributed by atoms with van der Waals surface area (Å²) in [4.78, 5) is 30.3. The van der Waals surface area contributed by atoms with E-state index in [1.807, 2.05) is 24.4 Å². The molecule has 5 rings (SSSR count). The number of carbonyl (C=O) groups is 1. The van der Waals surface area contributed by atoms with Gasteiger partial charge in [-0.3, -0.25) is 4.79 Å². The highest BCUT2D eigenvalue weighted by molar-refractivity contribution is 5.91. The second kappa shape index (κ2) is 8.85. The number of benzene rings is 1. The molecule has 0 spiro atoms. The molecule has 1 aromatic carbocycles. The summed E-state index contributed by atoms with van der Waals surface area (Å²) in [5, 5.41) is 4.50. The number of piperazine rings is 1. The van der Waals surface area contributed by atoms with E-state index in [2.05, 4.69) is 49.1 Å². The summed E-state index contributed by atoms with van der Waals surface area (Å²) in [5.74, 6) is 1.24. The number of halogens is 1. The molecule has 0 bridgehead atoms. The average molecular weight is 441 g/mol. The first kappa shape index (κ1) is 21.6. The van der Waals surface area contributed by atoms with Crippen LogP contribution in [-0.2, 0) is 10.2 Å². The van der Waals surface area contributed by atoms with Crippen LogP contribution in [0.3, 0.4) is 0 Å². The second-order valence-corrected chi connectivity index (χ2v) is 8.37. The maximum Gasteiger partial charge on any atom is 0.233 e. The number of fused-ring (bicyclic) bond motifs is 1. The number of nitrogens with one attached hydrogen (secondary N) is 2. The van der Waals surface area contributed by atoms with E-state index in [0.29, 0.717) is 0 Å². The number of nitrogens with zero attached hydrogens (tertiary/aromatic N) is 4.